The van der Waals surface area contributed by atoms with Crippen LogP contribution in [0.4, 0.5) is 0 Å². The Morgan fingerprint density at radius 3 is 2.57 bits per heavy atom. The summed E-state index contributed by atoms with van der Waals surface area (Å²) in [6.07, 6.45) is 1.29. The molecular formula is C5H7OS. The highest BCUT2D eigenvalue weighted by Gasteiger charge is 1.88. The minimum absolute atomic E-state index is 0.00463. The van der Waals surface area contributed by atoms with E-state index in [2.05, 4.69) is 13.5 Å². The summed E-state index contributed by atoms with van der Waals surface area (Å²) >= 11 is 1.16. The third kappa shape index (κ3) is 3.59. The van der Waals surface area contributed by atoms with Gasteiger partial charge in [-0.3, -0.25) is 4.79 Å². The highest BCUT2D eigenvalue weighted by Crippen LogP contribution is 1.98. The van der Waals surface area contributed by atoms with E-state index in [1.54, 1.807) is 0 Å². The van der Waals surface area contributed by atoms with Gasteiger partial charge in [0, 0.05) is 5.75 Å². The molecule has 0 aliphatic carbocycles. The van der Waals surface area contributed by atoms with E-state index in [9.17, 15) is 4.79 Å². The van der Waals surface area contributed by atoms with Gasteiger partial charge < -0.3 is 0 Å². The number of hydrogen-bond donors (Lipinski definition) is 0. The van der Waals surface area contributed by atoms with Gasteiger partial charge in [-0.1, -0.05) is 18.3 Å². The highest BCUT2D eigenvalue weighted by molar-refractivity contribution is 8.14. The molecule has 1 nitrogen and oxygen atoms in total. The van der Waals surface area contributed by atoms with Crippen LogP contribution in [-0.2, 0) is 4.79 Å². The summed E-state index contributed by atoms with van der Waals surface area (Å²) in [5.41, 5.74) is 0. The van der Waals surface area contributed by atoms with Gasteiger partial charge in [-0.05, 0) is 13.0 Å². The molecule has 0 saturated heterocycles. The molecule has 0 aromatic carbocycles. The van der Waals surface area contributed by atoms with E-state index in [0.29, 0.717) is 5.75 Å². The first-order valence-corrected chi connectivity index (χ1v) is 2.88. The summed E-state index contributed by atoms with van der Waals surface area (Å²) in [6, 6.07) is 0. The zero-order chi connectivity index (χ0) is 5.70. The summed E-state index contributed by atoms with van der Waals surface area (Å²) in [4.78, 5) is 10.2. The summed E-state index contributed by atoms with van der Waals surface area (Å²) in [5.74, 6) is 0.588. The minimum Gasteiger partial charge on any atom is -0.282 e. The van der Waals surface area contributed by atoms with Crippen molar-refractivity contribution in [2.75, 3.05) is 5.75 Å². The number of carbonyl (C=O) groups excluding carboxylic acids is 1. The number of thioether (sulfide) groups is 1. The normalized spacial score (nSPS) is 8.14. The molecule has 7 heavy (non-hydrogen) atoms. The van der Waals surface area contributed by atoms with Crippen molar-refractivity contribution < 1.29 is 4.79 Å². The van der Waals surface area contributed by atoms with Gasteiger partial charge >= 0.3 is 0 Å². The third-order valence-corrected chi connectivity index (χ3v) is 1.07. The van der Waals surface area contributed by atoms with Crippen molar-refractivity contribution in [3.05, 3.63) is 19.6 Å². The van der Waals surface area contributed by atoms with Crippen molar-refractivity contribution in [3.8, 4) is 0 Å². The van der Waals surface area contributed by atoms with Crippen molar-refractivity contribution in [2.45, 2.75) is 0 Å². The smallest absolute Gasteiger partial charge is 0.211 e. The van der Waals surface area contributed by atoms with Gasteiger partial charge in [0.1, 0.15) is 0 Å². The van der Waals surface area contributed by atoms with Gasteiger partial charge in [0.05, 0.1) is 0 Å². The van der Waals surface area contributed by atoms with Crippen LogP contribution in [0.25, 0.3) is 0 Å². The first kappa shape index (κ1) is 6.76. The molecular weight excluding hydrogens is 108 g/mol. The van der Waals surface area contributed by atoms with E-state index < -0.39 is 0 Å². The molecule has 0 aliphatic heterocycles. The van der Waals surface area contributed by atoms with E-state index in [1.165, 1.54) is 6.08 Å². The van der Waals surface area contributed by atoms with Crippen LogP contribution in [-0.4, -0.2) is 10.9 Å². The average Bonchev–Trinajstić information content (AvgIpc) is 1.68. The highest BCUT2D eigenvalue weighted by atomic mass is 32.2. The molecule has 0 rings (SSSR count). The van der Waals surface area contributed by atoms with E-state index in [1.807, 2.05) is 0 Å². The molecule has 1 radical (unpaired) electrons. The van der Waals surface area contributed by atoms with E-state index in [0.717, 1.165) is 11.8 Å². The maximum atomic E-state index is 10.2. The van der Waals surface area contributed by atoms with Gasteiger partial charge in [-0.25, -0.2) is 0 Å². The van der Waals surface area contributed by atoms with Crippen LogP contribution in [0.2, 0.25) is 0 Å². The molecule has 0 aromatic rings. The number of carbonyl (C=O) groups is 1. The standard InChI is InChI=1S/C5H7OS/c1-3-5(6)7-4-2/h3H,1-2,4H2. The molecule has 39 valence electrons. The van der Waals surface area contributed by atoms with Crippen LogP contribution < -0.4 is 0 Å². The molecule has 2 heteroatoms. The summed E-state index contributed by atoms with van der Waals surface area (Å²) in [5, 5.41) is -0.00463. The van der Waals surface area contributed by atoms with E-state index >= 15 is 0 Å². The van der Waals surface area contributed by atoms with Gasteiger partial charge in [0.2, 0.25) is 5.12 Å². The summed E-state index contributed by atoms with van der Waals surface area (Å²) < 4.78 is 0. The van der Waals surface area contributed by atoms with Crippen LogP contribution in [0.15, 0.2) is 12.7 Å². The van der Waals surface area contributed by atoms with Crippen LogP contribution in [0.5, 0.6) is 0 Å². The lowest BCUT2D eigenvalue weighted by molar-refractivity contribution is -0.107. The van der Waals surface area contributed by atoms with E-state index in [-0.39, 0.29) is 5.12 Å². The molecule has 0 unspecified atom stereocenters. The predicted molar refractivity (Wildman–Crippen MR) is 33.0 cm³/mol. The Morgan fingerprint density at radius 2 is 2.43 bits per heavy atom. The Labute approximate surface area is 47.8 Å². The van der Waals surface area contributed by atoms with E-state index in [4.69, 9.17) is 0 Å². The lowest BCUT2D eigenvalue weighted by atomic mass is 10.7. The van der Waals surface area contributed by atoms with Crippen molar-refractivity contribution in [1.29, 1.82) is 0 Å². The SMILES string of the molecule is [CH2]CSC(=O)C=C. The Kier molecular flexibility index (Phi) is 3.80. The van der Waals surface area contributed by atoms with Crippen LogP contribution >= 0.6 is 11.8 Å². The molecule has 0 atom stereocenters. The second kappa shape index (κ2) is 3.93. The third-order valence-electron chi connectivity index (χ3n) is 0.411. The van der Waals surface area contributed by atoms with Crippen LogP contribution in [0.1, 0.15) is 0 Å². The Hall–Kier alpha value is -0.240. The first-order valence-electron chi connectivity index (χ1n) is 1.89. The lowest BCUT2D eigenvalue weighted by Gasteiger charge is -1.82. The quantitative estimate of drug-likeness (QED) is 0.504. The van der Waals surface area contributed by atoms with Crippen LogP contribution in [0, 0.1) is 6.92 Å². The summed E-state index contributed by atoms with van der Waals surface area (Å²) in [7, 11) is 0. The number of rotatable bonds is 2. The van der Waals surface area contributed by atoms with Crippen molar-refractivity contribution in [1.82, 2.24) is 0 Å². The van der Waals surface area contributed by atoms with Gasteiger partial charge in [0.15, 0.2) is 0 Å². The molecule has 0 saturated carbocycles. The average molecular weight is 115 g/mol. The molecule has 0 fully saturated rings. The maximum absolute atomic E-state index is 10.2. The Morgan fingerprint density at radius 1 is 1.86 bits per heavy atom. The number of hydrogen-bond acceptors (Lipinski definition) is 2. The molecule has 0 spiro atoms. The molecule has 0 aromatic heterocycles. The fraction of sp³-hybridized carbons (Fsp3) is 0.200. The molecule has 0 amide bonds. The van der Waals surface area contributed by atoms with Gasteiger partial charge in [-0.2, -0.15) is 0 Å². The molecule has 0 N–H and O–H groups in total. The fourth-order valence-electron chi connectivity index (χ4n) is 0.160. The molecule has 0 heterocycles. The second-order valence-corrected chi connectivity index (χ2v) is 1.97. The second-order valence-electron chi connectivity index (χ2n) is 0.872. The molecule has 0 bridgehead atoms. The largest absolute Gasteiger partial charge is 0.282 e. The monoisotopic (exact) mass is 115 g/mol. The van der Waals surface area contributed by atoms with Crippen molar-refractivity contribution >= 4 is 16.9 Å². The predicted octanol–water partition coefficient (Wildman–Crippen LogP) is 1.27. The summed E-state index contributed by atoms with van der Waals surface area (Å²) in [6.45, 7) is 6.75. The van der Waals surface area contributed by atoms with Crippen molar-refractivity contribution in [2.24, 2.45) is 0 Å². The van der Waals surface area contributed by atoms with Crippen LogP contribution in [0.3, 0.4) is 0 Å². The minimum atomic E-state index is -0.00463. The zero-order valence-corrected chi connectivity index (χ0v) is 4.83. The zero-order valence-electron chi connectivity index (χ0n) is 4.02. The molecule has 0 aliphatic rings. The lowest BCUT2D eigenvalue weighted by Crippen LogP contribution is -1.81. The maximum Gasteiger partial charge on any atom is 0.211 e. The first-order chi connectivity index (χ1) is 3.31. The van der Waals surface area contributed by atoms with Gasteiger partial charge in [-0.15, -0.1) is 0 Å². The van der Waals surface area contributed by atoms with Gasteiger partial charge in [0.25, 0.3) is 0 Å². The Balaban J connectivity index is 3.17. The Bertz CT molecular complexity index is 78.1. The van der Waals surface area contributed by atoms with Crippen molar-refractivity contribution in [3.63, 3.8) is 0 Å². The topological polar surface area (TPSA) is 17.1 Å². The fourth-order valence-corrected chi connectivity index (χ4v) is 0.479.